The summed E-state index contributed by atoms with van der Waals surface area (Å²) in [5.41, 5.74) is 2.07. The van der Waals surface area contributed by atoms with Gasteiger partial charge < -0.3 is 13.7 Å². The first kappa shape index (κ1) is 11.9. The first-order valence-electron chi connectivity index (χ1n) is 6.17. The van der Waals surface area contributed by atoms with Crippen LogP contribution in [0.4, 0.5) is 0 Å². The Hall–Kier alpha value is -2.14. The third kappa shape index (κ3) is 2.13. The molecule has 1 aromatic carbocycles. The third-order valence-electron chi connectivity index (χ3n) is 3.07. The van der Waals surface area contributed by atoms with Crippen LogP contribution in [0.2, 0.25) is 0 Å². The maximum absolute atomic E-state index is 5.54. The summed E-state index contributed by atoms with van der Waals surface area (Å²) in [6.07, 6.45) is 0. The highest BCUT2D eigenvalue weighted by atomic mass is 16.5. The second-order valence-electron chi connectivity index (χ2n) is 4.36. The van der Waals surface area contributed by atoms with Gasteiger partial charge in [-0.1, -0.05) is 18.2 Å². The molecule has 0 aliphatic rings. The van der Waals surface area contributed by atoms with Crippen LogP contribution in [0.25, 0.3) is 22.5 Å². The number of para-hydroxylation sites is 1. The molecule has 2 heterocycles. The van der Waals surface area contributed by atoms with Gasteiger partial charge in [0.05, 0.1) is 6.61 Å². The lowest BCUT2D eigenvalue weighted by molar-refractivity contribution is 0.188. The predicted octanol–water partition coefficient (Wildman–Crippen LogP) is 2.65. The highest BCUT2D eigenvalue weighted by molar-refractivity contribution is 5.85. The number of methoxy groups -OCH3 is 1. The molecule has 0 N–H and O–H groups in total. The second-order valence-corrected chi connectivity index (χ2v) is 4.36. The van der Waals surface area contributed by atoms with E-state index in [9.17, 15) is 0 Å². The minimum absolute atomic E-state index is 0.546. The minimum Gasteiger partial charge on any atom is -0.420 e. The monoisotopic (exact) mass is 257 g/mol. The van der Waals surface area contributed by atoms with Crippen LogP contribution in [0.5, 0.6) is 0 Å². The Bertz CT molecular complexity index is 700. The molecule has 2 aromatic heterocycles. The molecule has 5 heteroatoms. The molecule has 0 spiro atoms. The Morgan fingerprint density at radius 3 is 2.84 bits per heavy atom. The maximum atomic E-state index is 5.54. The smallest absolute Gasteiger partial charge is 0.264 e. The molecule has 3 aromatic rings. The number of benzene rings is 1. The fourth-order valence-corrected chi connectivity index (χ4v) is 2.21. The third-order valence-corrected chi connectivity index (χ3v) is 3.07. The minimum atomic E-state index is 0.546. The van der Waals surface area contributed by atoms with Crippen molar-refractivity contribution >= 4 is 10.9 Å². The van der Waals surface area contributed by atoms with Crippen LogP contribution < -0.4 is 0 Å². The highest BCUT2D eigenvalue weighted by Crippen LogP contribution is 2.27. The van der Waals surface area contributed by atoms with E-state index in [0.29, 0.717) is 18.4 Å². The fourth-order valence-electron chi connectivity index (χ4n) is 2.21. The maximum Gasteiger partial charge on any atom is 0.264 e. The van der Waals surface area contributed by atoms with Crippen LogP contribution in [-0.4, -0.2) is 28.5 Å². The quantitative estimate of drug-likeness (QED) is 0.721. The summed E-state index contributed by atoms with van der Waals surface area (Å²) in [6.45, 7) is 3.18. The summed E-state index contributed by atoms with van der Waals surface area (Å²) < 4.78 is 12.9. The summed E-state index contributed by atoms with van der Waals surface area (Å²) >= 11 is 0. The first-order chi connectivity index (χ1) is 9.29. The molecule has 0 radical (unpaired) electrons. The Labute approximate surface area is 110 Å². The standard InChI is InChI=1S/C14H15N3O2/c1-10-15-16-14(19-10)13-9-11-5-3-4-6-12(11)17(13)7-8-18-2/h3-6,9H,7-8H2,1-2H3. The van der Waals surface area contributed by atoms with E-state index in [1.807, 2.05) is 12.1 Å². The molecule has 19 heavy (non-hydrogen) atoms. The summed E-state index contributed by atoms with van der Waals surface area (Å²) in [4.78, 5) is 0. The van der Waals surface area contributed by atoms with E-state index < -0.39 is 0 Å². The molecule has 98 valence electrons. The Balaban J connectivity index is 2.16. The van der Waals surface area contributed by atoms with Gasteiger partial charge in [0, 0.05) is 31.5 Å². The van der Waals surface area contributed by atoms with Crippen molar-refractivity contribution in [2.75, 3.05) is 13.7 Å². The number of ether oxygens (including phenoxy) is 1. The Morgan fingerprint density at radius 2 is 2.11 bits per heavy atom. The Kier molecular flexibility index (Phi) is 3.05. The molecular formula is C14H15N3O2. The van der Waals surface area contributed by atoms with Gasteiger partial charge in [-0.25, -0.2) is 0 Å². The fraction of sp³-hybridized carbons (Fsp3) is 0.286. The zero-order valence-electron chi connectivity index (χ0n) is 11.0. The van der Waals surface area contributed by atoms with Crippen molar-refractivity contribution in [2.45, 2.75) is 13.5 Å². The van der Waals surface area contributed by atoms with Gasteiger partial charge in [-0.3, -0.25) is 0 Å². The number of hydrogen-bond donors (Lipinski definition) is 0. The van der Waals surface area contributed by atoms with Crippen LogP contribution in [-0.2, 0) is 11.3 Å². The van der Waals surface area contributed by atoms with Crippen molar-refractivity contribution in [3.63, 3.8) is 0 Å². The SMILES string of the molecule is COCCn1c(-c2nnc(C)o2)cc2ccccc21. The lowest BCUT2D eigenvalue weighted by atomic mass is 10.2. The molecule has 0 aliphatic carbocycles. The topological polar surface area (TPSA) is 53.1 Å². The summed E-state index contributed by atoms with van der Waals surface area (Å²) in [5, 5.41) is 9.15. The molecule has 0 unspecified atom stereocenters. The van der Waals surface area contributed by atoms with Gasteiger partial charge in [0.1, 0.15) is 5.69 Å². The summed E-state index contributed by atoms with van der Waals surface area (Å²) in [6, 6.07) is 10.3. The number of fused-ring (bicyclic) bond motifs is 1. The molecular weight excluding hydrogens is 242 g/mol. The van der Waals surface area contributed by atoms with Crippen LogP contribution in [0, 0.1) is 6.92 Å². The zero-order chi connectivity index (χ0) is 13.2. The zero-order valence-corrected chi connectivity index (χ0v) is 11.0. The highest BCUT2D eigenvalue weighted by Gasteiger charge is 2.14. The van der Waals surface area contributed by atoms with Gasteiger partial charge in [0.15, 0.2) is 0 Å². The number of rotatable bonds is 4. The second kappa shape index (κ2) is 4.85. The largest absolute Gasteiger partial charge is 0.420 e. The van der Waals surface area contributed by atoms with Gasteiger partial charge >= 0.3 is 0 Å². The van der Waals surface area contributed by atoms with Crippen LogP contribution in [0.15, 0.2) is 34.7 Å². The molecule has 0 bridgehead atoms. The van der Waals surface area contributed by atoms with E-state index >= 15 is 0 Å². The molecule has 0 saturated heterocycles. The first-order valence-corrected chi connectivity index (χ1v) is 6.17. The lowest BCUT2D eigenvalue weighted by Gasteiger charge is -2.07. The average molecular weight is 257 g/mol. The van der Waals surface area contributed by atoms with E-state index in [1.165, 1.54) is 0 Å². The molecule has 0 atom stereocenters. The normalized spacial score (nSPS) is 11.3. The number of nitrogens with zero attached hydrogens (tertiary/aromatic N) is 3. The Morgan fingerprint density at radius 1 is 1.26 bits per heavy atom. The van der Waals surface area contributed by atoms with E-state index in [4.69, 9.17) is 9.15 Å². The lowest BCUT2D eigenvalue weighted by Crippen LogP contribution is -2.05. The van der Waals surface area contributed by atoms with Crippen LogP contribution >= 0.6 is 0 Å². The van der Waals surface area contributed by atoms with Gasteiger partial charge in [0.2, 0.25) is 5.89 Å². The van der Waals surface area contributed by atoms with Crippen molar-refractivity contribution in [3.05, 3.63) is 36.2 Å². The average Bonchev–Trinajstić information content (AvgIpc) is 3.00. The van der Waals surface area contributed by atoms with E-state index in [-0.39, 0.29) is 0 Å². The molecule has 3 rings (SSSR count). The van der Waals surface area contributed by atoms with Crippen molar-refractivity contribution in [2.24, 2.45) is 0 Å². The molecule has 0 saturated carbocycles. The summed E-state index contributed by atoms with van der Waals surface area (Å²) in [7, 11) is 1.70. The van der Waals surface area contributed by atoms with Crippen LogP contribution in [0.1, 0.15) is 5.89 Å². The van der Waals surface area contributed by atoms with Crippen molar-refractivity contribution < 1.29 is 9.15 Å². The van der Waals surface area contributed by atoms with Gasteiger partial charge in [-0.05, 0) is 12.1 Å². The number of aromatic nitrogens is 3. The summed E-state index contributed by atoms with van der Waals surface area (Å²) in [5.74, 6) is 1.11. The molecule has 0 amide bonds. The van der Waals surface area contributed by atoms with Gasteiger partial charge in [0.25, 0.3) is 5.89 Å². The predicted molar refractivity (Wildman–Crippen MR) is 71.8 cm³/mol. The van der Waals surface area contributed by atoms with Crippen LogP contribution in [0.3, 0.4) is 0 Å². The molecule has 0 fully saturated rings. The van der Waals surface area contributed by atoms with E-state index in [0.717, 1.165) is 23.1 Å². The van der Waals surface area contributed by atoms with Crippen molar-refractivity contribution in [3.8, 4) is 11.6 Å². The van der Waals surface area contributed by atoms with E-state index in [2.05, 4.69) is 33.0 Å². The number of aryl methyl sites for hydroxylation is 1. The number of hydrogen-bond acceptors (Lipinski definition) is 4. The van der Waals surface area contributed by atoms with Crippen molar-refractivity contribution in [1.29, 1.82) is 0 Å². The van der Waals surface area contributed by atoms with Gasteiger partial charge in [-0.15, -0.1) is 10.2 Å². The van der Waals surface area contributed by atoms with Gasteiger partial charge in [-0.2, -0.15) is 0 Å². The van der Waals surface area contributed by atoms with E-state index in [1.54, 1.807) is 14.0 Å². The molecule has 0 aliphatic heterocycles. The van der Waals surface area contributed by atoms with Crippen molar-refractivity contribution in [1.82, 2.24) is 14.8 Å². The molecule has 5 nitrogen and oxygen atoms in total.